The van der Waals surface area contributed by atoms with E-state index in [1.165, 1.54) is 6.26 Å². The fourth-order valence-corrected chi connectivity index (χ4v) is 5.40. The van der Waals surface area contributed by atoms with E-state index in [0.717, 1.165) is 18.5 Å². The maximum atomic E-state index is 13.1. The summed E-state index contributed by atoms with van der Waals surface area (Å²) in [6, 6.07) is 13.0. The second kappa shape index (κ2) is 12.2. The number of fused-ring (bicyclic) bond motifs is 2. The van der Waals surface area contributed by atoms with Crippen LogP contribution >= 0.6 is 0 Å². The summed E-state index contributed by atoms with van der Waals surface area (Å²) in [5.41, 5.74) is 1.86. The first-order chi connectivity index (χ1) is 20.2. The quantitative estimate of drug-likeness (QED) is 0.195. The summed E-state index contributed by atoms with van der Waals surface area (Å²) >= 11 is 0. The van der Waals surface area contributed by atoms with Crippen LogP contribution in [0.3, 0.4) is 0 Å². The number of rotatable bonds is 11. The highest BCUT2D eigenvalue weighted by atomic mass is 16.5. The number of amides is 2. The van der Waals surface area contributed by atoms with E-state index < -0.39 is 5.41 Å². The van der Waals surface area contributed by atoms with Crippen LogP contribution < -0.4 is 20.1 Å². The first kappa shape index (κ1) is 29.1. The van der Waals surface area contributed by atoms with E-state index in [-0.39, 0.29) is 17.4 Å². The molecular formula is C32H37N5O5. The highest BCUT2D eigenvalue weighted by molar-refractivity contribution is 6.20. The van der Waals surface area contributed by atoms with Crippen LogP contribution in [0.15, 0.2) is 76.5 Å². The summed E-state index contributed by atoms with van der Waals surface area (Å²) in [5, 5.41) is 0.578. The number of carbonyl (C=O) groups excluding carboxylic acids is 2. The highest BCUT2D eigenvalue weighted by Crippen LogP contribution is 2.40. The number of carbonyl (C=O) groups is 2. The highest BCUT2D eigenvalue weighted by Gasteiger charge is 2.45. The Hall–Kier alpha value is -4.44. The average Bonchev–Trinajstić information content (AvgIpc) is 3.47. The number of hydrogen-bond donors (Lipinski definition) is 0. The molecule has 0 saturated carbocycles. The third-order valence-electron chi connectivity index (χ3n) is 7.83. The summed E-state index contributed by atoms with van der Waals surface area (Å²) in [6.45, 7) is 8.86. The Balaban J connectivity index is 1.25. The zero-order valence-electron chi connectivity index (χ0n) is 24.6. The first-order valence-electron chi connectivity index (χ1n) is 14.3. The van der Waals surface area contributed by atoms with Crippen LogP contribution in [0.25, 0.3) is 11.0 Å². The molecule has 1 aromatic carbocycles. The predicted octanol–water partition coefficient (Wildman–Crippen LogP) is 4.32. The van der Waals surface area contributed by atoms with Gasteiger partial charge in [0, 0.05) is 64.4 Å². The van der Waals surface area contributed by atoms with Crippen molar-refractivity contribution in [3.8, 4) is 5.75 Å². The monoisotopic (exact) mass is 571 g/mol. The molecule has 10 heteroatoms. The minimum Gasteiger partial charge on any atom is -0.493 e. The van der Waals surface area contributed by atoms with Gasteiger partial charge in [-0.1, -0.05) is 0 Å². The molecule has 0 aliphatic carbocycles. The Bertz CT molecular complexity index is 1630. The van der Waals surface area contributed by atoms with Gasteiger partial charge in [0.1, 0.15) is 16.7 Å². The minimum atomic E-state index is -1.15. The largest absolute Gasteiger partial charge is 0.493 e. The van der Waals surface area contributed by atoms with Crippen molar-refractivity contribution in [2.24, 2.45) is 5.41 Å². The van der Waals surface area contributed by atoms with Crippen LogP contribution in [0.1, 0.15) is 32.8 Å². The maximum Gasteiger partial charge on any atom is 0.261 e. The molecule has 0 spiro atoms. The van der Waals surface area contributed by atoms with Crippen molar-refractivity contribution in [3.63, 3.8) is 0 Å². The lowest BCUT2D eigenvalue weighted by atomic mass is 9.90. The molecule has 0 bridgehead atoms. The van der Waals surface area contributed by atoms with Gasteiger partial charge < -0.3 is 23.5 Å². The van der Waals surface area contributed by atoms with E-state index in [0.29, 0.717) is 60.9 Å². The lowest BCUT2D eigenvalue weighted by Gasteiger charge is -2.27. The van der Waals surface area contributed by atoms with Crippen molar-refractivity contribution in [2.75, 3.05) is 43.1 Å². The molecule has 0 fully saturated rings. The van der Waals surface area contributed by atoms with Gasteiger partial charge in [-0.05, 0) is 69.2 Å². The number of aromatic nitrogens is 2. The van der Waals surface area contributed by atoms with Crippen molar-refractivity contribution in [1.29, 1.82) is 0 Å². The molecule has 10 nitrogen and oxygen atoms in total. The first-order valence-corrected chi connectivity index (χ1v) is 14.3. The van der Waals surface area contributed by atoms with E-state index in [4.69, 9.17) is 9.15 Å². The standard InChI is InChI=1S/C32H37N5O5/c1-5-37-26-8-7-24(21-27(26)34(4)30(39)32(2,3)31(37)40)41-19-6-15-35(22-23-9-13-33-14-10-23)17-18-36-16-11-28-25(29(36)38)12-20-42-28/h7-14,16,20-21H,5-6,15,17-19,22H2,1-4H3. The number of anilines is 2. The van der Waals surface area contributed by atoms with Gasteiger partial charge in [0.05, 0.1) is 29.6 Å². The SMILES string of the molecule is CCN1C(=O)C(C)(C)C(=O)N(C)c2cc(OCCCN(CCn3ccc4occc4c3=O)Cc3ccncc3)ccc21. The normalized spacial score (nSPS) is 14.9. The third-order valence-corrected chi connectivity index (χ3v) is 7.83. The van der Waals surface area contributed by atoms with Crippen molar-refractivity contribution in [2.45, 2.75) is 40.3 Å². The Morgan fingerprint density at radius 2 is 1.76 bits per heavy atom. The van der Waals surface area contributed by atoms with Crippen molar-refractivity contribution < 1.29 is 18.7 Å². The summed E-state index contributed by atoms with van der Waals surface area (Å²) < 4.78 is 13.2. The lowest BCUT2D eigenvalue weighted by Crippen LogP contribution is -2.47. The zero-order chi connectivity index (χ0) is 29.9. The summed E-state index contributed by atoms with van der Waals surface area (Å²) in [6.07, 6.45) is 7.62. The van der Waals surface area contributed by atoms with Gasteiger partial charge in [-0.3, -0.25) is 24.3 Å². The molecule has 2 amide bonds. The molecule has 1 aliphatic heterocycles. The van der Waals surface area contributed by atoms with Crippen LogP contribution in [-0.2, 0) is 22.7 Å². The second-order valence-corrected chi connectivity index (χ2v) is 11.0. The zero-order valence-corrected chi connectivity index (χ0v) is 24.6. The van der Waals surface area contributed by atoms with Gasteiger partial charge in [-0.15, -0.1) is 0 Å². The fraction of sp³-hybridized carbons (Fsp3) is 0.375. The van der Waals surface area contributed by atoms with Crippen LogP contribution in [0, 0.1) is 5.41 Å². The molecular weight excluding hydrogens is 534 g/mol. The Morgan fingerprint density at radius 1 is 0.976 bits per heavy atom. The molecule has 4 heterocycles. The van der Waals surface area contributed by atoms with E-state index in [1.54, 1.807) is 59.9 Å². The Morgan fingerprint density at radius 3 is 2.52 bits per heavy atom. The summed E-state index contributed by atoms with van der Waals surface area (Å²) in [4.78, 5) is 48.7. The van der Waals surface area contributed by atoms with Crippen LogP contribution in [0.2, 0.25) is 0 Å². The van der Waals surface area contributed by atoms with Crippen molar-refractivity contribution >= 4 is 34.2 Å². The summed E-state index contributed by atoms with van der Waals surface area (Å²) in [5.74, 6) is 0.174. The van der Waals surface area contributed by atoms with E-state index in [2.05, 4.69) is 9.88 Å². The minimum absolute atomic E-state index is 0.0631. The predicted molar refractivity (Wildman–Crippen MR) is 162 cm³/mol. The van der Waals surface area contributed by atoms with Gasteiger partial charge in [0.2, 0.25) is 11.8 Å². The number of pyridine rings is 2. The smallest absolute Gasteiger partial charge is 0.261 e. The maximum absolute atomic E-state index is 13.1. The molecule has 4 aromatic rings. The molecule has 0 radical (unpaired) electrons. The third kappa shape index (κ3) is 5.80. The molecule has 0 saturated heterocycles. The molecule has 5 rings (SSSR count). The van der Waals surface area contributed by atoms with E-state index in [1.807, 2.05) is 43.3 Å². The second-order valence-electron chi connectivity index (χ2n) is 11.0. The molecule has 0 unspecified atom stereocenters. The topological polar surface area (TPSA) is 101 Å². The van der Waals surface area contributed by atoms with Gasteiger partial charge in [-0.25, -0.2) is 0 Å². The molecule has 1 aliphatic rings. The van der Waals surface area contributed by atoms with Gasteiger partial charge in [-0.2, -0.15) is 0 Å². The van der Waals surface area contributed by atoms with E-state index in [9.17, 15) is 14.4 Å². The molecule has 220 valence electrons. The van der Waals surface area contributed by atoms with Crippen LogP contribution in [0.5, 0.6) is 5.75 Å². The number of benzene rings is 1. The fourth-order valence-electron chi connectivity index (χ4n) is 5.40. The van der Waals surface area contributed by atoms with Gasteiger partial charge >= 0.3 is 0 Å². The average molecular weight is 572 g/mol. The van der Waals surface area contributed by atoms with Gasteiger partial charge in [0.25, 0.3) is 5.56 Å². The molecule has 0 N–H and O–H groups in total. The summed E-state index contributed by atoms with van der Waals surface area (Å²) in [7, 11) is 1.70. The van der Waals surface area contributed by atoms with E-state index >= 15 is 0 Å². The molecule has 3 aromatic heterocycles. The Kier molecular flexibility index (Phi) is 8.44. The Labute approximate surface area is 245 Å². The molecule has 0 atom stereocenters. The number of ether oxygens (including phenoxy) is 1. The number of furan rings is 1. The molecule has 42 heavy (non-hydrogen) atoms. The van der Waals surface area contributed by atoms with Crippen molar-refractivity contribution in [1.82, 2.24) is 14.5 Å². The van der Waals surface area contributed by atoms with Crippen LogP contribution in [-0.4, -0.2) is 59.6 Å². The van der Waals surface area contributed by atoms with Crippen LogP contribution in [0.4, 0.5) is 11.4 Å². The lowest BCUT2D eigenvalue weighted by molar-refractivity contribution is -0.137. The number of nitrogens with zero attached hydrogens (tertiary/aromatic N) is 5. The van der Waals surface area contributed by atoms with Crippen molar-refractivity contribution in [3.05, 3.63) is 83.2 Å². The number of hydrogen-bond acceptors (Lipinski definition) is 7. The van der Waals surface area contributed by atoms with Gasteiger partial charge in [0.15, 0.2) is 0 Å².